The highest BCUT2D eigenvalue weighted by Gasteiger charge is 2.25. The lowest BCUT2D eigenvalue weighted by Crippen LogP contribution is -2.19. The number of allylic oxidation sites excluding steroid dienone is 1. The van der Waals surface area contributed by atoms with Crippen molar-refractivity contribution >= 4 is 43.5 Å². The maximum Gasteiger partial charge on any atom is 0.226 e. The lowest BCUT2D eigenvalue weighted by atomic mass is 10.1. The van der Waals surface area contributed by atoms with Crippen LogP contribution in [0.15, 0.2) is 62.4 Å². The summed E-state index contributed by atoms with van der Waals surface area (Å²) in [5.74, 6) is 1.49. The van der Waals surface area contributed by atoms with Crippen molar-refractivity contribution in [2.45, 2.75) is 6.04 Å². The molecule has 3 heterocycles. The monoisotopic (exact) mass is 420 g/mol. The van der Waals surface area contributed by atoms with Gasteiger partial charge in [-0.3, -0.25) is 0 Å². The molecule has 0 radical (unpaired) electrons. The van der Waals surface area contributed by atoms with Crippen LogP contribution in [-0.4, -0.2) is 14.8 Å². The predicted molar refractivity (Wildman–Crippen MR) is 90.3 cm³/mol. The Labute approximate surface area is 143 Å². The zero-order valence-electron chi connectivity index (χ0n) is 11.2. The number of fused-ring (bicyclic) bond motifs is 1. The van der Waals surface area contributed by atoms with Crippen molar-refractivity contribution in [2.24, 2.45) is 0 Å². The van der Waals surface area contributed by atoms with E-state index in [1.807, 2.05) is 36.4 Å². The van der Waals surface area contributed by atoms with E-state index in [9.17, 15) is 0 Å². The average molecular weight is 422 g/mol. The molecule has 0 saturated carbocycles. The second kappa shape index (κ2) is 5.40. The lowest BCUT2D eigenvalue weighted by molar-refractivity contribution is 0.434. The Hall–Kier alpha value is -1.86. The molecular formula is C15H10Br2N4O. The summed E-state index contributed by atoms with van der Waals surface area (Å²) in [4.78, 5) is 4.27. The Morgan fingerprint density at radius 1 is 1.09 bits per heavy atom. The SMILES string of the molecule is Brc1ccc(C2=C[C@@H](c3ccc(Br)o3)n3ncnc3N2)cc1. The molecule has 2 aromatic heterocycles. The fraction of sp³-hybridized carbons (Fsp3) is 0.0667. The summed E-state index contributed by atoms with van der Waals surface area (Å²) in [5.41, 5.74) is 2.05. The molecule has 1 aliphatic rings. The molecule has 4 rings (SSSR count). The number of aromatic nitrogens is 3. The second-order valence-corrected chi connectivity index (χ2v) is 6.52. The van der Waals surface area contributed by atoms with E-state index in [1.54, 1.807) is 4.68 Å². The van der Waals surface area contributed by atoms with Crippen molar-refractivity contribution < 1.29 is 4.42 Å². The summed E-state index contributed by atoms with van der Waals surface area (Å²) >= 11 is 6.80. The van der Waals surface area contributed by atoms with Crippen molar-refractivity contribution in [1.29, 1.82) is 0 Å². The van der Waals surface area contributed by atoms with E-state index in [2.05, 4.69) is 53.3 Å². The number of furan rings is 1. The first-order valence-corrected chi connectivity index (χ1v) is 8.19. The number of hydrogen-bond acceptors (Lipinski definition) is 4. The summed E-state index contributed by atoms with van der Waals surface area (Å²) < 4.78 is 9.24. The third kappa shape index (κ3) is 2.40. The van der Waals surface area contributed by atoms with Gasteiger partial charge in [0.15, 0.2) is 4.67 Å². The van der Waals surface area contributed by atoms with Crippen LogP contribution in [0.1, 0.15) is 17.4 Å². The number of anilines is 1. The van der Waals surface area contributed by atoms with Gasteiger partial charge in [-0.05, 0) is 51.8 Å². The van der Waals surface area contributed by atoms with Gasteiger partial charge in [0, 0.05) is 10.2 Å². The Morgan fingerprint density at radius 3 is 2.64 bits per heavy atom. The molecule has 0 bridgehead atoms. The largest absolute Gasteiger partial charge is 0.452 e. The first-order chi connectivity index (χ1) is 10.7. The van der Waals surface area contributed by atoms with Gasteiger partial charge in [-0.1, -0.05) is 28.1 Å². The van der Waals surface area contributed by atoms with Crippen LogP contribution in [0.2, 0.25) is 0 Å². The van der Waals surface area contributed by atoms with Gasteiger partial charge in [0.2, 0.25) is 5.95 Å². The highest BCUT2D eigenvalue weighted by molar-refractivity contribution is 9.10. The first kappa shape index (κ1) is 13.8. The van der Waals surface area contributed by atoms with E-state index >= 15 is 0 Å². The van der Waals surface area contributed by atoms with Gasteiger partial charge in [0.05, 0.1) is 0 Å². The van der Waals surface area contributed by atoms with Crippen LogP contribution in [0.4, 0.5) is 5.95 Å². The molecule has 0 unspecified atom stereocenters. The molecule has 1 N–H and O–H groups in total. The number of halogens is 2. The van der Waals surface area contributed by atoms with Crippen LogP contribution in [-0.2, 0) is 0 Å². The van der Waals surface area contributed by atoms with E-state index in [-0.39, 0.29) is 6.04 Å². The highest BCUT2D eigenvalue weighted by Crippen LogP contribution is 2.33. The Kier molecular flexibility index (Phi) is 3.38. The van der Waals surface area contributed by atoms with E-state index in [0.717, 1.165) is 21.5 Å². The van der Waals surface area contributed by atoms with Crippen LogP contribution in [0, 0.1) is 0 Å². The molecule has 1 aromatic carbocycles. The number of hydrogen-bond donors (Lipinski definition) is 1. The summed E-state index contributed by atoms with van der Waals surface area (Å²) in [6, 6.07) is 11.8. The molecule has 0 amide bonds. The normalized spacial score (nSPS) is 16.8. The predicted octanol–water partition coefficient (Wildman–Crippen LogP) is 4.45. The maximum atomic E-state index is 5.70. The third-order valence-corrected chi connectivity index (χ3v) is 4.40. The van der Waals surface area contributed by atoms with Crippen molar-refractivity contribution in [3.05, 3.63) is 69.3 Å². The Balaban J connectivity index is 1.80. The van der Waals surface area contributed by atoms with Gasteiger partial charge in [-0.25, -0.2) is 4.68 Å². The van der Waals surface area contributed by atoms with Crippen LogP contribution in [0.25, 0.3) is 5.70 Å². The molecular weight excluding hydrogens is 412 g/mol. The minimum atomic E-state index is -0.135. The van der Waals surface area contributed by atoms with Gasteiger partial charge in [-0.2, -0.15) is 10.1 Å². The Morgan fingerprint density at radius 2 is 1.91 bits per heavy atom. The Bertz CT molecular complexity index is 851. The minimum absolute atomic E-state index is 0.135. The summed E-state index contributed by atoms with van der Waals surface area (Å²) in [5, 5.41) is 7.58. The van der Waals surface area contributed by atoms with E-state index in [4.69, 9.17) is 4.42 Å². The zero-order valence-corrected chi connectivity index (χ0v) is 14.4. The number of nitrogens with one attached hydrogen (secondary N) is 1. The topological polar surface area (TPSA) is 55.9 Å². The smallest absolute Gasteiger partial charge is 0.226 e. The molecule has 7 heteroatoms. The van der Waals surface area contributed by atoms with Gasteiger partial charge in [0.25, 0.3) is 0 Å². The summed E-state index contributed by atoms with van der Waals surface area (Å²) in [6.07, 6.45) is 3.61. The van der Waals surface area contributed by atoms with Gasteiger partial charge in [-0.15, -0.1) is 0 Å². The fourth-order valence-corrected chi connectivity index (χ4v) is 3.00. The van der Waals surface area contributed by atoms with Crippen LogP contribution in [0.3, 0.4) is 0 Å². The van der Waals surface area contributed by atoms with E-state index in [0.29, 0.717) is 10.6 Å². The second-order valence-electron chi connectivity index (χ2n) is 4.83. The number of nitrogens with zero attached hydrogens (tertiary/aromatic N) is 3. The molecule has 0 fully saturated rings. The van der Waals surface area contributed by atoms with Crippen LogP contribution < -0.4 is 5.32 Å². The zero-order chi connectivity index (χ0) is 15.1. The maximum absolute atomic E-state index is 5.70. The molecule has 3 aromatic rings. The molecule has 1 aliphatic heterocycles. The van der Waals surface area contributed by atoms with Gasteiger partial charge in [0.1, 0.15) is 18.1 Å². The quantitative estimate of drug-likeness (QED) is 0.663. The van der Waals surface area contributed by atoms with Gasteiger partial charge < -0.3 is 9.73 Å². The van der Waals surface area contributed by atoms with Crippen molar-refractivity contribution in [3.63, 3.8) is 0 Å². The molecule has 0 saturated heterocycles. The minimum Gasteiger partial charge on any atom is -0.452 e. The molecule has 5 nitrogen and oxygen atoms in total. The van der Waals surface area contributed by atoms with E-state index in [1.165, 1.54) is 6.33 Å². The molecule has 22 heavy (non-hydrogen) atoms. The molecule has 1 atom stereocenters. The first-order valence-electron chi connectivity index (χ1n) is 6.60. The third-order valence-electron chi connectivity index (χ3n) is 3.45. The van der Waals surface area contributed by atoms with Crippen molar-refractivity contribution in [2.75, 3.05) is 5.32 Å². The summed E-state index contributed by atoms with van der Waals surface area (Å²) in [6.45, 7) is 0. The van der Waals surface area contributed by atoms with Crippen LogP contribution >= 0.6 is 31.9 Å². The van der Waals surface area contributed by atoms with Gasteiger partial charge >= 0.3 is 0 Å². The highest BCUT2D eigenvalue weighted by atomic mass is 79.9. The number of rotatable bonds is 2. The fourth-order valence-electron chi connectivity index (χ4n) is 2.42. The van der Waals surface area contributed by atoms with Crippen molar-refractivity contribution in [3.8, 4) is 0 Å². The van der Waals surface area contributed by atoms with E-state index < -0.39 is 0 Å². The average Bonchev–Trinajstić information content (AvgIpc) is 3.15. The van der Waals surface area contributed by atoms with Crippen molar-refractivity contribution in [1.82, 2.24) is 14.8 Å². The molecule has 110 valence electrons. The number of benzene rings is 1. The lowest BCUT2D eigenvalue weighted by Gasteiger charge is -2.22. The standard InChI is InChI=1S/C15H10Br2N4O/c16-10-3-1-9(2-4-10)11-7-12(13-5-6-14(17)22-13)21-15(20-11)18-8-19-21/h1-8,12H,(H,18,19,20)/t12-/m0/s1. The summed E-state index contributed by atoms with van der Waals surface area (Å²) in [7, 11) is 0. The molecule has 0 aliphatic carbocycles. The molecule has 0 spiro atoms. The van der Waals surface area contributed by atoms with Crippen LogP contribution in [0.5, 0.6) is 0 Å².